The molecule has 4 aromatic carbocycles. The second-order valence-corrected chi connectivity index (χ2v) is 10.8. The van der Waals surface area contributed by atoms with Gasteiger partial charge in [0.25, 0.3) is 11.8 Å². The van der Waals surface area contributed by atoms with Gasteiger partial charge in [-0.2, -0.15) is 0 Å². The van der Waals surface area contributed by atoms with Crippen LogP contribution in [-0.4, -0.2) is 44.3 Å². The van der Waals surface area contributed by atoms with Crippen LogP contribution in [0.25, 0.3) is 6.08 Å². The van der Waals surface area contributed by atoms with Crippen molar-refractivity contribution in [2.75, 3.05) is 32.0 Å². The fourth-order valence-electron chi connectivity index (χ4n) is 4.11. The summed E-state index contributed by atoms with van der Waals surface area (Å²) in [6.45, 7) is 1.81. The molecule has 0 fully saturated rings. The molecule has 0 aliphatic rings. The van der Waals surface area contributed by atoms with Gasteiger partial charge in [0.2, 0.25) is 5.91 Å². The van der Waals surface area contributed by atoms with Crippen LogP contribution < -0.4 is 30.2 Å². The molecule has 44 heavy (non-hydrogen) atoms. The zero-order chi connectivity index (χ0) is 31.5. The number of benzene rings is 4. The third kappa shape index (κ3) is 8.42. The summed E-state index contributed by atoms with van der Waals surface area (Å²) in [4.78, 5) is 40.0. The normalized spacial score (nSPS) is 11.6. The van der Waals surface area contributed by atoms with E-state index in [9.17, 15) is 14.4 Å². The maximum Gasteiger partial charge on any atom is 0.272 e. The van der Waals surface area contributed by atoms with Crippen LogP contribution in [-0.2, 0) is 9.59 Å². The summed E-state index contributed by atoms with van der Waals surface area (Å²) >= 11 is 1.38. The number of para-hydroxylation sites is 2. The molecule has 3 N–H and O–H groups in total. The molecule has 4 aromatic rings. The fraction of sp³-hybridized carbons (Fsp3) is 0.147. The van der Waals surface area contributed by atoms with E-state index in [0.29, 0.717) is 39.8 Å². The highest BCUT2D eigenvalue weighted by atomic mass is 32.2. The standard InChI is InChI=1S/C34H33N3O6S/c1-22(32(38)36-27-12-8-9-13-29(27)41-2)44-26-17-15-25(16-18-26)35-34(40)28(37-33(39)24-10-6-5-7-11-24)20-23-14-19-30(42-3)31(21-23)43-4/h5-22H,1-4H3,(H,35,40)(H,36,38)(H,37,39)/b28-20-. The van der Waals surface area contributed by atoms with Gasteiger partial charge in [-0.1, -0.05) is 36.4 Å². The molecule has 0 saturated heterocycles. The lowest BCUT2D eigenvalue weighted by atomic mass is 10.1. The molecule has 0 spiro atoms. The summed E-state index contributed by atoms with van der Waals surface area (Å²) in [5.74, 6) is 0.477. The lowest BCUT2D eigenvalue weighted by Gasteiger charge is -2.15. The van der Waals surface area contributed by atoms with Crippen molar-refractivity contribution in [2.24, 2.45) is 0 Å². The van der Waals surface area contributed by atoms with Crippen LogP contribution in [0.5, 0.6) is 17.2 Å². The van der Waals surface area contributed by atoms with Gasteiger partial charge in [0.15, 0.2) is 11.5 Å². The number of thioether (sulfide) groups is 1. The zero-order valence-corrected chi connectivity index (χ0v) is 25.6. The smallest absolute Gasteiger partial charge is 0.272 e. The summed E-state index contributed by atoms with van der Waals surface area (Å²) < 4.78 is 16.0. The van der Waals surface area contributed by atoms with E-state index in [1.807, 2.05) is 31.2 Å². The van der Waals surface area contributed by atoms with Crippen molar-refractivity contribution < 1.29 is 28.6 Å². The first-order chi connectivity index (χ1) is 21.3. The van der Waals surface area contributed by atoms with Crippen LogP contribution >= 0.6 is 11.8 Å². The number of amides is 3. The average molecular weight is 612 g/mol. The van der Waals surface area contributed by atoms with Crippen molar-refractivity contribution in [1.29, 1.82) is 0 Å². The molecule has 0 aliphatic heterocycles. The Morgan fingerprint density at radius 3 is 2.07 bits per heavy atom. The molecule has 9 nitrogen and oxygen atoms in total. The van der Waals surface area contributed by atoms with Gasteiger partial charge in [0.1, 0.15) is 11.4 Å². The second-order valence-electron chi connectivity index (χ2n) is 9.42. The highest BCUT2D eigenvalue weighted by molar-refractivity contribution is 8.00. The Bertz CT molecular complexity index is 1640. The van der Waals surface area contributed by atoms with Gasteiger partial charge in [-0.05, 0) is 79.2 Å². The van der Waals surface area contributed by atoms with E-state index in [2.05, 4.69) is 16.0 Å². The van der Waals surface area contributed by atoms with Crippen molar-refractivity contribution in [3.05, 3.63) is 114 Å². The maximum absolute atomic E-state index is 13.4. The summed E-state index contributed by atoms with van der Waals surface area (Å²) in [6.07, 6.45) is 1.56. The Morgan fingerprint density at radius 1 is 0.727 bits per heavy atom. The van der Waals surface area contributed by atoms with E-state index in [1.54, 1.807) is 86.0 Å². The van der Waals surface area contributed by atoms with Crippen LogP contribution in [0.2, 0.25) is 0 Å². The molecule has 10 heteroatoms. The van der Waals surface area contributed by atoms with Crippen LogP contribution in [0.4, 0.5) is 11.4 Å². The van der Waals surface area contributed by atoms with Crippen molar-refractivity contribution >= 4 is 46.9 Å². The number of carbonyl (C=O) groups is 3. The lowest BCUT2D eigenvalue weighted by Crippen LogP contribution is -2.30. The summed E-state index contributed by atoms with van der Waals surface area (Å²) in [5, 5.41) is 8.06. The van der Waals surface area contributed by atoms with Crippen molar-refractivity contribution in [3.8, 4) is 17.2 Å². The Labute approximate surface area is 260 Å². The molecule has 0 aromatic heterocycles. The molecule has 0 radical (unpaired) electrons. The van der Waals surface area contributed by atoms with E-state index in [0.717, 1.165) is 4.90 Å². The average Bonchev–Trinajstić information content (AvgIpc) is 3.05. The first kappa shape index (κ1) is 31.7. The van der Waals surface area contributed by atoms with Crippen molar-refractivity contribution in [2.45, 2.75) is 17.1 Å². The van der Waals surface area contributed by atoms with E-state index < -0.39 is 17.1 Å². The molecule has 0 heterocycles. The van der Waals surface area contributed by atoms with Gasteiger partial charge in [0, 0.05) is 16.1 Å². The predicted molar refractivity (Wildman–Crippen MR) is 173 cm³/mol. The van der Waals surface area contributed by atoms with E-state index >= 15 is 0 Å². The number of ether oxygens (including phenoxy) is 3. The minimum atomic E-state index is -0.519. The molecular formula is C34H33N3O6S. The number of hydrogen-bond donors (Lipinski definition) is 3. The first-order valence-corrected chi connectivity index (χ1v) is 14.5. The summed E-state index contributed by atoms with van der Waals surface area (Å²) in [5.41, 5.74) is 2.17. The maximum atomic E-state index is 13.4. The topological polar surface area (TPSA) is 115 Å². The Hall–Kier alpha value is -5.22. The number of carbonyl (C=O) groups excluding carboxylic acids is 3. The van der Waals surface area contributed by atoms with Crippen LogP contribution in [0.3, 0.4) is 0 Å². The van der Waals surface area contributed by atoms with E-state index in [-0.39, 0.29) is 11.6 Å². The zero-order valence-electron chi connectivity index (χ0n) is 24.8. The number of anilines is 2. The third-order valence-corrected chi connectivity index (χ3v) is 7.52. The SMILES string of the molecule is COc1ccccc1NC(=O)C(C)Sc1ccc(NC(=O)/C(=C/c2ccc(OC)c(OC)c2)NC(=O)c2ccccc2)cc1. The molecule has 1 unspecified atom stereocenters. The molecule has 0 saturated carbocycles. The van der Waals surface area contributed by atoms with Gasteiger partial charge in [-0.25, -0.2) is 0 Å². The fourth-order valence-corrected chi connectivity index (χ4v) is 4.97. The van der Waals surface area contributed by atoms with Gasteiger partial charge < -0.3 is 30.2 Å². The Morgan fingerprint density at radius 2 is 1.39 bits per heavy atom. The van der Waals surface area contributed by atoms with Crippen LogP contribution in [0.15, 0.2) is 108 Å². The van der Waals surface area contributed by atoms with Crippen molar-refractivity contribution in [3.63, 3.8) is 0 Å². The minimum Gasteiger partial charge on any atom is -0.495 e. The molecule has 3 amide bonds. The van der Waals surface area contributed by atoms with Crippen LogP contribution in [0.1, 0.15) is 22.8 Å². The molecule has 1 atom stereocenters. The number of methoxy groups -OCH3 is 3. The molecular weight excluding hydrogens is 578 g/mol. The molecule has 226 valence electrons. The quantitative estimate of drug-likeness (QED) is 0.128. The van der Waals surface area contributed by atoms with Gasteiger partial charge in [-0.3, -0.25) is 14.4 Å². The third-order valence-electron chi connectivity index (χ3n) is 6.41. The Kier molecular flexibility index (Phi) is 11.0. The molecule has 0 bridgehead atoms. The highest BCUT2D eigenvalue weighted by Gasteiger charge is 2.18. The number of rotatable bonds is 12. The van der Waals surface area contributed by atoms with E-state index in [1.165, 1.54) is 26.0 Å². The Balaban J connectivity index is 1.47. The van der Waals surface area contributed by atoms with Gasteiger partial charge in [0.05, 0.1) is 32.3 Å². The monoisotopic (exact) mass is 611 g/mol. The van der Waals surface area contributed by atoms with Crippen LogP contribution in [0, 0.1) is 0 Å². The summed E-state index contributed by atoms with van der Waals surface area (Å²) in [6, 6.07) is 28.1. The summed E-state index contributed by atoms with van der Waals surface area (Å²) in [7, 11) is 4.61. The largest absolute Gasteiger partial charge is 0.495 e. The van der Waals surface area contributed by atoms with Gasteiger partial charge >= 0.3 is 0 Å². The molecule has 0 aliphatic carbocycles. The predicted octanol–water partition coefficient (Wildman–Crippen LogP) is 6.24. The highest BCUT2D eigenvalue weighted by Crippen LogP contribution is 2.30. The lowest BCUT2D eigenvalue weighted by molar-refractivity contribution is -0.115. The van der Waals surface area contributed by atoms with Gasteiger partial charge in [-0.15, -0.1) is 11.8 Å². The van der Waals surface area contributed by atoms with Crippen molar-refractivity contribution in [1.82, 2.24) is 5.32 Å². The second kappa shape index (κ2) is 15.3. The first-order valence-electron chi connectivity index (χ1n) is 13.6. The van der Waals surface area contributed by atoms with E-state index in [4.69, 9.17) is 14.2 Å². The minimum absolute atomic E-state index is 0.0335. The number of nitrogens with one attached hydrogen (secondary N) is 3. The number of hydrogen-bond acceptors (Lipinski definition) is 7. The molecule has 4 rings (SSSR count).